The van der Waals surface area contributed by atoms with Crippen molar-refractivity contribution in [3.8, 4) is 11.4 Å². The molecule has 0 radical (unpaired) electrons. The molecule has 1 heterocycles. The zero-order chi connectivity index (χ0) is 15.1. The molecule has 2 aromatic rings. The fourth-order valence-electron chi connectivity index (χ4n) is 2.09. The van der Waals surface area contributed by atoms with Crippen molar-refractivity contribution in [1.82, 2.24) is 15.5 Å². The Kier molecular flexibility index (Phi) is 6.22. The van der Waals surface area contributed by atoms with Crippen molar-refractivity contribution in [3.05, 3.63) is 30.2 Å². The molecule has 0 saturated carbocycles. The first-order chi connectivity index (χ1) is 10.3. The zero-order valence-corrected chi connectivity index (χ0v) is 13.4. The Bertz CT molecular complexity index is 536. The molecule has 114 valence electrons. The summed E-state index contributed by atoms with van der Waals surface area (Å²) >= 11 is 1.71. The molecule has 21 heavy (non-hydrogen) atoms. The molecule has 0 aliphatic heterocycles. The largest absolute Gasteiger partial charge is 0.383 e. The number of nitrogens with zero attached hydrogens (tertiary/aromatic N) is 2. The van der Waals surface area contributed by atoms with Crippen molar-refractivity contribution < 1.29 is 9.26 Å². The van der Waals surface area contributed by atoms with Gasteiger partial charge in [-0.3, -0.25) is 0 Å². The van der Waals surface area contributed by atoms with E-state index in [1.807, 2.05) is 12.1 Å². The summed E-state index contributed by atoms with van der Waals surface area (Å²) < 4.78 is 10.5. The quantitative estimate of drug-likeness (QED) is 0.757. The minimum atomic E-state index is 0.187. The Labute approximate surface area is 129 Å². The highest BCUT2D eigenvalue weighted by Gasteiger charge is 2.14. The standard InChI is InChI=1S/C15H21N3O2S/c1-4-16-12(10-19-2)9-14-17-15(18-20-14)11-5-7-13(21-3)8-6-11/h5-8,12,16H,4,9-10H2,1-3H3. The number of nitrogens with one attached hydrogen (secondary N) is 1. The Morgan fingerprint density at radius 1 is 1.33 bits per heavy atom. The van der Waals surface area contributed by atoms with Gasteiger partial charge in [0.05, 0.1) is 6.61 Å². The lowest BCUT2D eigenvalue weighted by molar-refractivity contribution is 0.162. The first kappa shape index (κ1) is 16.0. The molecule has 2 rings (SSSR count). The van der Waals surface area contributed by atoms with Gasteiger partial charge in [-0.25, -0.2) is 0 Å². The minimum absolute atomic E-state index is 0.187. The maximum atomic E-state index is 5.34. The lowest BCUT2D eigenvalue weighted by atomic mass is 10.2. The summed E-state index contributed by atoms with van der Waals surface area (Å²) in [5.41, 5.74) is 0.967. The van der Waals surface area contributed by atoms with Crippen LogP contribution >= 0.6 is 11.8 Å². The van der Waals surface area contributed by atoms with Gasteiger partial charge < -0.3 is 14.6 Å². The Morgan fingerprint density at radius 2 is 2.10 bits per heavy atom. The van der Waals surface area contributed by atoms with E-state index in [9.17, 15) is 0 Å². The fourth-order valence-corrected chi connectivity index (χ4v) is 2.49. The van der Waals surface area contributed by atoms with Crippen LogP contribution in [-0.2, 0) is 11.2 Å². The lowest BCUT2D eigenvalue weighted by Gasteiger charge is -2.14. The molecule has 6 heteroatoms. The molecule has 1 atom stereocenters. The maximum absolute atomic E-state index is 5.34. The maximum Gasteiger partial charge on any atom is 0.228 e. The van der Waals surface area contributed by atoms with E-state index in [2.05, 4.69) is 40.8 Å². The Hall–Kier alpha value is -1.37. The Balaban J connectivity index is 2.05. The molecule has 0 bridgehead atoms. The number of methoxy groups -OCH3 is 1. The van der Waals surface area contributed by atoms with Gasteiger partial charge in [0.2, 0.25) is 11.7 Å². The third-order valence-electron chi connectivity index (χ3n) is 3.10. The van der Waals surface area contributed by atoms with E-state index in [-0.39, 0.29) is 6.04 Å². The van der Waals surface area contributed by atoms with Gasteiger partial charge in [-0.2, -0.15) is 4.98 Å². The molecule has 0 fully saturated rings. The fraction of sp³-hybridized carbons (Fsp3) is 0.467. The smallest absolute Gasteiger partial charge is 0.228 e. The normalized spacial score (nSPS) is 12.5. The van der Waals surface area contributed by atoms with Crippen molar-refractivity contribution >= 4 is 11.8 Å². The van der Waals surface area contributed by atoms with Gasteiger partial charge in [0, 0.05) is 30.0 Å². The highest BCUT2D eigenvalue weighted by molar-refractivity contribution is 7.98. The molecule has 0 spiro atoms. The molecule has 1 unspecified atom stereocenters. The number of hydrogen-bond acceptors (Lipinski definition) is 6. The molecule has 0 aliphatic carbocycles. The van der Waals surface area contributed by atoms with E-state index in [1.54, 1.807) is 18.9 Å². The second-order valence-electron chi connectivity index (χ2n) is 4.65. The Morgan fingerprint density at radius 3 is 2.71 bits per heavy atom. The van der Waals surface area contributed by atoms with Crippen LogP contribution < -0.4 is 5.32 Å². The number of hydrogen-bond donors (Lipinski definition) is 1. The van der Waals surface area contributed by atoms with Crippen LogP contribution in [-0.4, -0.2) is 42.7 Å². The van der Waals surface area contributed by atoms with E-state index >= 15 is 0 Å². The summed E-state index contributed by atoms with van der Waals surface area (Å²) in [4.78, 5) is 5.68. The van der Waals surface area contributed by atoms with Crippen molar-refractivity contribution in [3.63, 3.8) is 0 Å². The second-order valence-corrected chi connectivity index (χ2v) is 5.53. The second kappa shape index (κ2) is 8.17. The van der Waals surface area contributed by atoms with Crippen LogP contribution in [0.5, 0.6) is 0 Å². The van der Waals surface area contributed by atoms with E-state index in [0.29, 0.717) is 24.7 Å². The third-order valence-corrected chi connectivity index (χ3v) is 3.84. The predicted molar refractivity (Wildman–Crippen MR) is 84.6 cm³/mol. The number of thioether (sulfide) groups is 1. The topological polar surface area (TPSA) is 60.2 Å². The molecule has 0 aliphatic rings. The van der Waals surface area contributed by atoms with E-state index in [4.69, 9.17) is 9.26 Å². The zero-order valence-electron chi connectivity index (χ0n) is 12.6. The van der Waals surface area contributed by atoms with Crippen molar-refractivity contribution in [2.45, 2.75) is 24.3 Å². The van der Waals surface area contributed by atoms with Crippen LogP contribution in [0.1, 0.15) is 12.8 Å². The average molecular weight is 307 g/mol. The van der Waals surface area contributed by atoms with E-state index in [0.717, 1.165) is 12.1 Å². The monoisotopic (exact) mass is 307 g/mol. The van der Waals surface area contributed by atoms with Crippen LogP contribution in [0.2, 0.25) is 0 Å². The highest BCUT2D eigenvalue weighted by Crippen LogP contribution is 2.21. The van der Waals surface area contributed by atoms with Crippen LogP contribution in [0, 0.1) is 0 Å². The molecular weight excluding hydrogens is 286 g/mol. The van der Waals surface area contributed by atoms with E-state index < -0.39 is 0 Å². The minimum Gasteiger partial charge on any atom is -0.383 e. The number of likely N-dealkylation sites (N-methyl/N-ethyl adjacent to an activating group) is 1. The summed E-state index contributed by atoms with van der Waals surface area (Å²) in [7, 11) is 1.69. The van der Waals surface area contributed by atoms with Crippen LogP contribution in [0.3, 0.4) is 0 Å². The van der Waals surface area contributed by atoms with E-state index in [1.165, 1.54) is 4.90 Å². The predicted octanol–water partition coefficient (Wildman–Crippen LogP) is 2.63. The van der Waals surface area contributed by atoms with Crippen molar-refractivity contribution in [1.29, 1.82) is 0 Å². The summed E-state index contributed by atoms with van der Waals surface area (Å²) in [6, 6.07) is 8.33. The summed E-state index contributed by atoms with van der Waals surface area (Å²) in [6.45, 7) is 3.56. The van der Waals surface area contributed by atoms with Gasteiger partial charge in [-0.1, -0.05) is 12.1 Å². The molecular formula is C15H21N3O2S. The average Bonchev–Trinajstić information content (AvgIpc) is 2.96. The highest BCUT2D eigenvalue weighted by atomic mass is 32.2. The van der Waals surface area contributed by atoms with Gasteiger partial charge in [-0.15, -0.1) is 11.8 Å². The van der Waals surface area contributed by atoms with Crippen LogP contribution in [0.4, 0.5) is 0 Å². The lowest BCUT2D eigenvalue weighted by Crippen LogP contribution is -2.35. The SMILES string of the molecule is CCNC(COC)Cc1nc(-c2ccc(SC)cc2)no1. The molecule has 1 aromatic carbocycles. The number of aromatic nitrogens is 2. The first-order valence-electron chi connectivity index (χ1n) is 6.96. The van der Waals surface area contributed by atoms with Gasteiger partial charge in [-0.05, 0) is 37.1 Å². The molecule has 1 aromatic heterocycles. The molecule has 1 N–H and O–H groups in total. The van der Waals surface area contributed by atoms with Crippen molar-refractivity contribution in [2.24, 2.45) is 0 Å². The summed E-state index contributed by atoms with van der Waals surface area (Å²) in [6.07, 6.45) is 2.72. The van der Waals surface area contributed by atoms with Gasteiger partial charge in [0.25, 0.3) is 0 Å². The van der Waals surface area contributed by atoms with Gasteiger partial charge in [0.15, 0.2) is 0 Å². The first-order valence-corrected chi connectivity index (χ1v) is 8.18. The summed E-state index contributed by atoms with van der Waals surface area (Å²) in [5.74, 6) is 1.26. The van der Waals surface area contributed by atoms with Crippen LogP contribution in [0.15, 0.2) is 33.7 Å². The molecule has 5 nitrogen and oxygen atoms in total. The van der Waals surface area contributed by atoms with Crippen molar-refractivity contribution in [2.75, 3.05) is 26.5 Å². The van der Waals surface area contributed by atoms with Gasteiger partial charge >= 0.3 is 0 Å². The van der Waals surface area contributed by atoms with Crippen LogP contribution in [0.25, 0.3) is 11.4 Å². The molecule has 0 saturated heterocycles. The number of benzene rings is 1. The van der Waals surface area contributed by atoms with Gasteiger partial charge in [0.1, 0.15) is 0 Å². The summed E-state index contributed by atoms with van der Waals surface area (Å²) in [5, 5.41) is 7.39. The third kappa shape index (κ3) is 4.56. The number of ether oxygens (including phenoxy) is 1. The number of rotatable bonds is 8. The molecule has 0 amide bonds.